The van der Waals surface area contributed by atoms with Crippen molar-refractivity contribution in [1.29, 1.82) is 0 Å². The van der Waals surface area contributed by atoms with Crippen LogP contribution in [0.4, 0.5) is 0 Å². The minimum Gasteiger partial charge on any atom is -0.436 e. The van der Waals surface area contributed by atoms with Crippen LogP contribution in [0.5, 0.6) is 11.6 Å². The summed E-state index contributed by atoms with van der Waals surface area (Å²) in [5, 5.41) is 0.267. The summed E-state index contributed by atoms with van der Waals surface area (Å²) < 4.78 is 5.62. The van der Waals surface area contributed by atoms with Gasteiger partial charge in [0.15, 0.2) is 5.15 Å². The second-order valence-electron chi connectivity index (χ2n) is 3.45. The highest BCUT2D eigenvalue weighted by Gasteiger charge is 2.07. The number of aromatic nitrogens is 2. The first kappa shape index (κ1) is 10.9. The highest BCUT2D eigenvalue weighted by molar-refractivity contribution is 6.30. The predicted octanol–water partition coefficient (Wildman–Crippen LogP) is 3.54. The zero-order valence-electron chi connectivity index (χ0n) is 9.07. The summed E-state index contributed by atoms with van der Waals surface area (Å²) >= 11 is 5.87. The molecule has 0 saturated heterocycles. The number of ether oxygens (including phenoxy) is 1. The summed E-state index contributed by atoms with van der Waals surface area (Å²) in [6.07, 6.45) is 3.07. The first-order valence-electron chi connectivity index (χ1n) is 4.89. The zero-order chi connectivity index (χ0) is 11.5. The van der Waals surface area contributed by atoms with Crippen molar-refractivity contribution in [3.05, 3.63) is 46.9 Å². The van der Waals surface area contributed by atoms with Crippen molar-refractivity contribution < 1.29 is 4.74 Å². The Morgan fingerprint density at radius 2 is 1.88 bits per heavy atom. The topological polar surface area (TPSA) is 35.0 Å². The molecule has 0 N–H and O–H groups in total. The van der Waals surface area contributed by atoms with Crippen LogP contribution in [0.3, 0.4) is 0 Å². The quantitative estimate of drug-likeness (QED) is 0.797. The van der Waals surface area contributed by atoms with Crippen molar-refractivity contribution in [2.24, 2.45) is 0 Å². The fourth-order valence-corrected chi connectivity index (χ4v) is 1.46. The maximum absolute atomic E-state index is 5.87. The second-order valence-corrected chi connectivity index (χ2v) is 3.81. The standard InChI is InChI=1S/C12H11ClN2O/c1-8-4-3-5-10(9(8)2)16-12-11(13)14-6-7-15-12/h3-7H,1-2H3. The number of aryl methyl sites for hydroxylation is 1. The first-order chi connectivity index (χ1) is 7.68. The molecule has 0 atom stereocenters. The maximum atomic E-state index is 5.87. The largest absolute Gasteiger partial charge is 0.436 e. The molecule has 2 aromatic rings. The van der Waals surface area contributed by atoms with Gasteiger partial charge in [-0.25, -0.2) is 9.97 Å². The molecule has 0 aliphatic rings. The van der Waals surface area contributed by atoms with Gasteiger partial charge < -0.3 is 4.74 Å². The average molecular weight is 235 g/mol. The Kier molecular flexibility index (Phi) is 3.06. The summed E-state index contributed by atoms with van der Waals surface area (Å²) in [5.41, 5.74) is 2.24. The molecule has 0 aliphatic heterocycles. The molecule has 0 aliphatic carbocycles. The number of nitrogens with zero attached hydrogens (tertiary/aromatic N) is 2. The molecular formula is C12H11ClN2O. The van der Waals surface area contributed by atoms with E-state index in [2.05, 4.69) is 9.97 Å². The van der Waals surface area contributed by atoms with E-state index in [0.29, 0.717) is 5.88 Å². The van der Waals surface area contributed by atoms with Crippen molar-refractivity contribution in [3.63, 3.8) is 0 Å². The third-order valence-electron chi connectivity index (χ3n) is 2.38. The van der Waals surface area contributed by atoms with E-state index < -0.39 is 0 Å². The number of benzene rings is 1. The third-order valence-corrected chi connectivity index (χ3v) is 2.64. The fraction of sp³-hybridized carbons (Fsp3) is 0.167. The van der Waals surface area contributed by atoms with Crippen LogP contribution in [0, 0.1) is 13.8 Å². The normalized spacial score (nSPS) is 10.2. The molecule has 0 unspecified atom stereocenters. The van der Waals surface area contributed by atoms with Crippen LogP contribution in [0.1, 0.15) is 11.1 Å². The Balaban J connectivity index is 2.35. The van der Waals surface area contributed by atoms with Crippen molar-refractivity contribution in [2.45, 2.75) is 13.8 Å². The molecule has 4 heteroatoms. The Hall–Kier alpha value is -1.61. The Bertz CT molecular complexity index is 514. The number of hydrogen-bond donors (Lipinski definition) is 0. The second kappa shape index (κ2) is 4.49. The number of rotatable bonds is 2. The van der Waals surface area contributed by atoms with Gasteiger partial charge >= 0.3 is 0 Å². The van der Waals surface area contributed by atoms with Gasteiger partial charge in [0.05, 0.1) is 0 Å². The molecule has 0 spiro atoms. The van der Waals surface area contributed by atoms with Crippen molar-refractivity contribution in [2.75, 3.05) is 0 Å². The van der Waals surface area contributed by atoms with Crippen molar-refractivity contribution in [1.82, 2.24) is 9.97 Å². The van der Waals surface area contributed by atoms with E-state index in [9.17, 15) is 0 Å². The van der Waals surface area contributed by atoms with Gasteiger partial charge in [-0.2, -0.15) is 0 Å². The molecule has 0 amide bonds. The van der Waals surface area contributed by atoms with Gasteiger partial charge in [0.2, 0.25) is 0 Å². The molecule has 16 heavy (non-hydrogen) atoms. The molecular weight excluding hydrogens is 224 g/mol. The Labute approximate surface area is 99.1 Å². The van der Waals surface area contributed by atoms with Gasteiger partial charge in [-0.3, -0.25) is 0 Å². The molecule has 0 radical (unpaired) electrons. The number of halogens is 1. The monoisotopic (exact) mass is 234 g/mol. The van der Waals surface area contributed by atoms with Crippen LogP contribution in [-0.4, -0.2) is 9.97 Å². The van der Waals surface area contributed by atoms with E-state index in [-0.39, 0.29) is 5.15 Å². The third kappa shape index (κ3) is 2.14. The van der Waals surface area contributed by atoms with Gasteiger partial charge in [-0.1, -0.05) is 23.7 Å². The molecule has 2 rings (SSSR count). The lowest BCUT2D eigenvalue weighted by atomic mass is 10.1. The molecule has 1 heterocycles. The minimum atomic E-state index is 0.267. The molecule has 0 bridgehead atoms. The Morgan fingerprint density at radius 3 is 2.62 bits per heavy atom. The molecule has 3 nitrogen and oxygen atoms in total. The summed E-state index contributed by atoms with van der Waals surface area (Å²) in [7, 11) is 0. The summed E-state index contributed by atoms with van der Waals surface area (Å²) in [5.74, 6) is 1.08. The fourth-order valence-electron chi connectivity index (χ4n) is 1.32. The summed E-state index contributed by atoms with van der Waals surface area (Å²) in [6.45, 7) is 4.02. The highest BCUT2D eigenvalue weighted by atomic mass is 35.5. The van der Waals surface area contributed by atoms with E-state index in [1.807, 2.05) is 32.0 Å². The van der Waals surface area contributed by atoms with Crippen LogP contribution in [-0.2, 0) is 0 Å². The summed E-state index contributed by atoms with van der Waals surface area (Å²) in [6, 6.07) is 5.84. The molecule has 1 aromatic heterocycles. The smallest absolute Gasteiger partial charge is 0.257 e. The van der Waals surface area contributed by atoms with Crippen LogP contribution < -0.4 is 4.74 Å². The highest BCUT2D eigenvalue weighted by Crippen LogP contribution is 2.28. The lowest BCUT2D eigenvalue weighted by Crippen LogP contribution is -1.93. The van der Waals surface area contributed by atoms with Gasteiger partial charge in [-0.05, 0) is 31.0 Å². The van der Waals surface area contributed by atoms with Crippen LogP contribution >= 0.6 is 11.6 Å². The summed E-state index contributed by atoms with van der Waals surface area (Å²) in [4.78, 5) is 7.93. The van der Waals surface area contributed by atoms with E-state index >= 15 is 0 Å². The SMILES string of the molecule is Cc1cccc(Oc2nccnc2Cl)c1C. The van der Waals surface area contributed by atoms with Crippen LogP contribution in [0.15, 0.2) is 30.6 Å². The maximum Gasteiger partial charge on any atom is 0.257 e. The van der Waals surface area contributed by atoms with Gasteiger partial charge in [0.25, 0.3) is 5.88 Å². The Morgan fingerprint density at radius 1 is 1.12 bits per heavy atom. The van der Waals surface area contributed by atoms with Crippen molar-refractivity contribution in [3.8, 4) is 11.6 Å². The van der Waals surface area contributed by atoms with Crippen LogP contribution in [0.2, 0.25) is 5.15 Å². The molecule has 0 saturated carbocycles. The van der Waals surface area contributed by atoms with E-state index in [1.165, 1.54) is 6.20 Å². The van der Waals surface area contributed by atoms with Gasteiger partial charge in [-0.15, -0.1) is 0 Å². The van der Waals surface area contributed by atoms with Crippen molar-refractivity contribution >= 4 is 11.6 Å². The molecule has 1 aromatic carbocycles. The lowest BCUT2D eigenvalue weighted by Gasteiger charge is -2.09. The minimum absolute atomic E-state index is 0.267. The van der Waals surface area contributed by atoms with Gasteiger partial charge in [0.1, 0.15) is 5.75 Å². The van der Waals surface area contributed by atoms with Crippen LogP contribution in [0.25, 0.3) is 0 Å². The zero-order valence-corrected chi connectivity index (χ0v) is 9.82. The van der Waals surface area contributed by atoms with E-state index in [1.54, 1.807) is 6.20 Å². The lowest BCUT2D eigenvalue weighted by molar-refractivity contribution is 0.456. The molecule has 0 fully saturated rings. The van der Waals surface area contributed by atoms with E-state index in [4.69, 9.17) is 16.3 Å². The molecule has 82 valence electrons. The average Bonchev–Trinajstić information content (AvgIpc) is 2.28. The van der Waals surface area contributed by atoms with E-state index in [0.717, 1.165) is 16.9 Å². The predicted molar refractivity (Wildman–Crippen MR) is 63.0 cm³/mol. The number of hydrogen-bond acceptors (Lipinski definition) is 3. The first-order valence-corrected chi connectivity index (χ1v) is 5.27. The van der Waals surface area contributed by atoms with Gasteiger partial charge in [0, 0.05) is 12.4 Å².